The zero-order valence-corrected chi connectivity index (χ0v) is 16.9. The van der Waals surface area contributed by atoms with Crippen molar-refractivity contribution in [3.63, 3.8) is 0 Å². The maximum absolute atomic E-state index is 13.5. The topological polar surface area (TPSA) is 105 Å². The number of amides is 1. The summed E-state index contributed by atoms with van der Waals surface area (Å²) in [4.78, 5) is 17.5. The molecule has 3 N–H and O–H groups in total. The average Bonchev–Trinajstić information content (AvgIpc) is 2.68. The molecule has 3 rings (SSSR count). The lowest BCUT2D eigenvalue weighted by atomic mass is 9.95. The number of aryl methyl sites for hydroxylation is 1. The molecule has 2 aromatic rings. The molecule has 7 nitrogen and oxygen atoms in total. The van der Waals surface area contributed by atoms with Gasteiger partial charge in [-0.1, -0.05) is 6.07 Å². The van der Waals surface area contributed by atoms with E-state index in [0.717, 1.165) is 17.7 Å². The van der Waals surface area contributed by atoms with Crippen molar-refractivity contribution in [3.05, 3.63) is 47.7 Å². The van der Waals surface area contributed by atoms with Crippen molar-refractivity contribution in [1.29, 1.82) is 0 Å². The van der Waals surface area contributed by atoms with Gasteiger partial charge in [-0.25, -0.2) is 18.5 Å². The number of hydrogen-bond acceptors (Lipinski definition) is 5. The number of piperidine rings is 1. The van der Waals surface area contributed by atoms with Crippen molar-refractivity contribution in [2.75, 3.05) is 23.3 Å². The van der Waals surface area contributed by atoms with Gasteiger partial charge < -0.3 is 10.2 Å². The van der Waals surface area contributed by atoms with Gasteiger partial charge in [0.2, 0.25) is 15.9 Å². The number of alkyl halides is 3. The number of pyridine rings is 1. The molecule has 0 unspecified atom stereocenters. The fraction of sp³-hybridized carbons (Fsp3) is 0.368. The van der Waals surface area contributed by atoms with Crippen molar-refractivity contribution in [2.24, 2.45) is 11.1 Å². The summed E-state index contributed by atoms with van der Waals surface area (Å²) < 4.78 is 63.4. The van der Waals surface area contributed by atoms with Crippen molar-refractivity contribution in [1.82, 2.24) is 4.98 Å². The number of halogens is 3. The van der Waals surface area contributed by atoms with E-state index >= 15 is 0 Å². The Morgan fingerprint density at radius 1 is 1.20 bits per heavy atom. The fourth-order valence-corrected chi connectivity index (χ4v) is 3.89. The summed E-state index contributed by atoms with van der Waals surface area (Å²) >= 11 is 0. The summed E-state index contributed by atoms with van der Waals surface area (Å²) in [7, 11) is -4.26. The second-order valence-corrected chi connectivity index (χ2v) is 8.75. The molecule has 162 valence electrons. The first-order valence-corrected chi connectivity index (χ1v) is 10.7. The van der Waals surface area contributed by atoms with E-state index in [4.69, 9.17) is 5.14 Å². The summed E-state index contributed by atoms with van der Waals surface area (Å²) in [6.07, 6.45) is -2.42. The van der Waals surface area contributed by atoms with Crippen molar-refractivity contribution in [2.45, 2.75) is 30.8 Å². The molecule has 1 fully saturated rings. The highest BCUT2D eigenvalue weighted by Gasteiger charge is 2.37. The fourth-order valence-electron chi connectivity index (χ4n) is 3.35. The van der Waals surface area contributed by atoms with Crippen molar-refractivity contribution < 1.29 is 26.4 Å². The van der Waals surface area contributed by atoms with Crippen LogP contribution in [0.1, 0.15) is 24.0 Å². The van der Waals surface area contributed by atoms with Gasteiger partial charge in [0.05, 0.1) is 10.5 Å². The van der Waals surface area contributed by atoms with Crippen LogP contribution in [-0.4, -0.2) is 32.4 Å². The minimum absolute atomic E-state index is 0.131. The number of hydrogen-bond donors (Lipinski definition) is 2. The number of anilines is 2. The lowest BCUT2D eigenvalue weighted by Gasteiger charge is -2.34. The molecule has 1 aromatic heterocycles. The number of sulfonamides is 1. The molecule has 0 atom stereocenters. The van der Waals surface area contributed by atoms with E-state index in [2.05, 4.69) is 10.3 Å². The van der Waals surface area contributed by atoms with E-state index in [1.54, 1.807) is 12.3 Å². The van der Waals surface area contributed by atoms with Gasteiger partial charge in [-0.3, -0.25) is 4.79 Å². The Labute approximate surface area is 172 Å². The monoisotopic (exact) mass is 442 g/mol. The number of nitrogens with one attached hydrogen (secondary N) is 1. The summed E-state index contributed by atoms with van der Waals surface area (Å²) in [5.41, 5.74) is -0.245. The molecule has 0 aliphatic carbocycles. The van der Waals surface area contributed by atoms with Gasteiger partial charge in [0.25, 0.3) is 0 Å². The van der Waals surface area contributed by atoms with Crippen LogP contribution in [0.3, 0.4) is 0 Å². The number of nitrogens with zero attached hydrogens (tertiary/aromatic N) is 2. The third-order valence-electron chi connectivity index (χ3n) is 4.97. The Morgan fingerprint density at radius 2 is 1.87 bits per heavy atom. The minimum Gasteiger partial charge on any atom is -0.371 e. The Balaban J connectivity index is 1.72. The maximum atomic E-state index is 13.5. The number of rotatable bonds is 4. The van der Waals surface area contributed by atoms with E-state index in [1.165, 1.54) is 4.90 Å². The van der Waals surface area contributed by atoms with Gasteiger partial charge in [-0.15, -0.1) is 0 Å². The second kappa shape index (κ2) is 8.23. The molecular formula is C19H21F3N4O3S. The SMILES string of the molecule is Cc1ccc(NC(=O)C2CCN(c3ccc(S(N)(=O)=O)cc3C(F)(F)F)CC2)nc1. The van der Waals surface area contributed by atoms with E-state index in [0.29, 0.717) is 24.7 Å². The van der Waals surface area contributed by atoms with Gasteiger partial charge >= 0.3 is 6.18 Å². The number of aromatic nitrogens is 1. The van der Waals surface area contributed by atoms with E-state index in [1.807, 2.05) is 13.0 Å². The Morgan fingerprint density at radius 3 is 2.40 bits per heavy atom. The van der Waals surface area contributed by atoms with E-state index < -0.39 is 26.7 Å². The first-order chi connectivity index (χ1) is 13.9. The Bertz CT molecular complexity index is 1030. The van der Waals surface area contributed by atoms with Gasteiger partial charge in [0, 0.05) is 30.9 Å². The molecule has 2 heterocycles. The summed E-state index contributed by atoms with van der Waals surface area (Å²) in [5, 5.41) is 7.69. The number of carbonyl (C=O) groups is 1. The van der Waals surface area contributed by atoms with Crippen molar-refractivity contribution >= 4 is 27.4 Å². The van der Waals surface area contributed by atoms with Crippen LogP contribution < -0.4 is 15.4 Å². The Hall–Kier alpha value is -2.66. The van der Waals surface area contributed by atoms with Crippen molar-refractivity contribution in [3.8, 4) is 0 Å². The minimum atomic E-state index is -4.75. The van der Waals surface area contributed by atoms with Crippen LogP contribution in [-0.2, 0) is 21.0 Å². The quantitative estimate of drug-likeness (QED) is 0.758. The zero-order valence-electron chi connectivity index (χ0n) is 16.1. The molecule has 11 heteroatoms. The molecule has 0 radical (unpaired) electrons. The molecular weight excluding hydrogens is 421 g/mol. The van der Waals surface area contributed by atoms with Crippen LogP contribution in [0.15, 0.2) is 41.4 Å². The first kappa shape index (κ1) is 22.0. The number of nitrogens with two attached hydrogens (primary N) is 1. The zero-order chi connectivity index (χ0) is 22.1. The second-order valence-electron chi connectivity index (χ2n) is 7.19. The molecule has 1 aliphatic rings. The lowest BCUT2D eigenvalue weighted by molar-refractivity contribution is -0.137. The molecule has 1 aliphatic heterocycles. The molecule has 0 saturated carbocycles. The highest BCUT2D eigenvalue weighted by molar-refractivity contribution is 7.89. The van der Waals surface area contributed by atoms with Crippen LogP contribution in [0, 0.1) is 12.8 Å². The molecule has 1 aromatic carbocycles. The van der Waals surface area contributed by atoms with Crippen LogP contribution in [0.25, 0.3) is 0 Å². The van der Waals surface area contributed by atoms with Gasteiger partial charge in [-0.2, -0.15) is 13.2 Å². The third-order valence-corrected chi connectivity index (χ3v) is 5.88. The largest absolute Gasteiger partial charge is 0.418 e. The smallest absolute Gasteiger partial charge is 0.371 e. The van der Waals surface area contributed by atoms with Crippen LogP contribution >= 0.6 is 0 Å². The van der Waals surface area contributed by atoms with E-state index in [9.17, 15) is 26.4 Å². The lowest BCUT2D eigenvalue weighted by Crippen LogP contribution is -2.39. The summed E-state index contributed by atoms with van der Waals surface area (Å²) in [6.45, 7) is 2.31. The number of benzene rings is 1. The number of carbonyl (C=O) groups excluding carboxylic acids is 1. The molecule has 1 saturated heterocycles. The summed E-state index contributed by atoms with van der Waals surface area (Å²) in [6, 6.07) is 6.22. The normalized spacial score (nSPS) is 15.8. The standard InChI is InChI=1S/C19H21F3N4O3S/c1-12-2-5-17(24-11-12)25-18(27)13-6-8-26(9-7-13)16-4-3-14(30(23,28)29)10-15(16)19(20,21)22/h2-5,10-11,13H,6-9H2,1H3,(H2,23,28,29)(H,24,25,27). The van der Waals surface area contributed by atoms with Crippen LogP contribution in [0.4, 0.5) is 24.7 Å². The Kier molecular flexibility index (Phi) is 6.04. The average molecular weight is 442 g/mol. The molecule has 0 spiro atoms. The van der Waals surface area contributed by atoms with E-state index in [-0.39, 0.29) is 30.6 Å². The molecule has 30 heavy (non-hydrogen) atoms. The predicted octanol–water partition coefficient (Wildman–Crippen LogP) is 2.91. The summed E-state index contributed by atoms with van der Waals surface area (Å²) in [5.74, 6) is -0.167. The van der Waals surface area contributed by atoms with Crippen LogP contribution in [0.5, 0.6) is 0 Å². The van der Waals surface area contributed by atoms with Gasteiger partial charge in [0.15, 0.2) is 0 Å². The van der Waals surface area contributed by atoms with Crippen LogP contribution in [0.2, 0.25) is 0 Å². The van der Waals surface area contributed by atoms with Gasteiger partial charge in [-0.05, 0) is 49.6 Å². The maximum Gasteiger partial charge on any atom is 0.418 e. The first-order valence-electron chi connectivity index (χ1n) is 9.17. The molecule has 1 amide bonds. The highest BCUT2D eigenvalue weighted by atomic mass is 32.2. The molecule has 0 bridgehead atoms. The third kappa shape index (κ3) is 5.08. The van der Waals surface area contributed by atoms with Gasteiger partial charge in [0.1, 0.15) is 5.82 Å². The highest BCUT2D eigenvalue weighted by Crippen LogP contribution is 2.39. The predicted molar refractivity (Wildman–Crippen MR) is 105 cm³/mol. The number of primary sulfonamides is 1.